The summed E-state index contributed by atoms with van der Waals surface area (Å²) in [5.74, 6) is 0.310. The zero-order valence-corrected chi connectivity index (χ0v) is 15.9. The van der Waals surface area contributed by atoms with Gasteiger partial charge in [0.2, 0.25) is 0 Å². The molecule has 27 heavy (non-hydrogen) atoms. The SMILES string of the molecule is CC1=CCCC(C)(C)C1C=CC(C)=NNc1ccc([N+](=O)[O-])cc1[N+](=O)[O-]. The van der Waals surface area contributed by atoms with E-state index in [9.17, 15) is 20.2 Å². The molecule has 0 spiro atoms. The van der Waals surface area contributed by atoms with Gasteiger partial charge in [0, 0.05) is 12.0 Å². The standard InChI is InChI=1S/C19H24N4O4/c1-13-6-5-11-19(3,4)16(13)9-7-14(2)20-21-17-10-8-15(22(24)25)12-18(17)23(26)27/h6-10,12,16,21H,5,11H2,1-4H3. The third-order valence-corrected chi connectivity index (χ3v) is 4.86. The number of nitrogens with one attached hydrogen (secondary N) is 1. The molecule has 8 nitrogen and oxygen atoms in total. The van der Waals surface area contributed by atoms with E-state index >= 15 is 0 Å². The molecular weight excluding hydrogens is 348 g/mol. The Morgan fingerprint density at radius 2 is 2.00 bits per heavy atom. The maximum absolute atomic E-state index is 11.2. The normalized spacial score (nSPS) is 19.6. The van der Waals surface area contributed by atoms with Crippen molar-refractivity contribution in [2.75, 3.05) is 5.43 Å². The highest BCUT2D eigenvalue weighted by atomic mass is 16.6. The molecule has 0 radical (unpaired) electrons. The summed E-state index contributed by atoms with van der Waals surface area (Å²) >= 11 is 0. The molecule has 0 saturated heterocycles. The molecule has 0 aliphatic heterocycles. The van der Waals surface area contributed by atoms with Crippen LogP contribution in [0.1, 0.15) is 40.5 Å². The highest BCUT2D eigenvalue weighted by Crippen LogP contribution is 2.41. The van der Waals surface area contributed by atoms with E-state index in [1.165, 1.54) is 17.7 Å². The number of nitro groups is 2. The third kappa shape index (κ3) is 4.99. The Morgan fingerprint density at radius 1 is 1.30 bits per heavy atom. The summed E-state index contributed by atoms with van der Waals surface area (Å²) < 4.78 is 0. The summed E-state index contributed by atoms with van der Waals surface area (Å²) in [4.78, 5) is 20.6. The van der Waals surface area contributed by atoms with Crippen molar-refractivity contribution in [2.45, 2.75) is 40.5 Å². The number of nitrogens with zero attached hydrogens (tertiary/aromatic N) is 3. The van der Waals surface area contributed by atoms with Gasteiger partial charge in [0.25, 0.3) is 5.69 Å². The van der Waals surface area contributed by atoms with Gasteiger partial charge in [0.1, 0.15) is 5.69 Å². The Labute approximate surface area is 158 Å². The minimum atomic E-state index is -0.672. The fourth-order valence-corrected chi connectivity index (χ4v) is 3.28. The van der Waals surface area contributed by atoms with E-state index in [1.807, 2.05) is 6.08 Å². The lowest BCUT2D eigenvalue weighted by Crippen LogP contribution is -2.26. The van der Waals surface area contributed by atoms with Crippen LogP contribution in [0.25, 0.3) is 0 Å². The Bertz CT molecular complexity index is 840. The first-order chi connectivity index (χ1) is 12.6. The molecule has 1 aromatic carbocycles. The third-order valence-electron chi connectivity index (χ3n) is 4.86. The van der Waals surface area contributed by atoms with Crippen molar-refractivity contribution in [3.8, 4) is 0 Å². The number of benzene rings is 1. The fourth-order valence-electron chi connectivity index (χ4n) is 3.28. The summed E-state index contributed by atoms with van der Waals surface area (Å²) in [6.07, 6.45) is 8.45. The number of hydrogen-bond acceptors (Lipinski definition) is 6. The molecule has 144 valence electrons. The molecule has 0 bridgehead atoms. The van der Waals surface area contributed by atoms with Crippen LogP contribution in [0.4, 0.5) is 17.1 Å². The average molecular weight is 372 g/mol. The van der Waals surface area contributed by atoms with E-state index < -0.39 is 15.5 Å². The number of nitro benzene ring substituents is 2. The number of allylic oxidation sites excluding steroid dienone is 4. The molecule has 1 aliphatic rings. The first-order valence-corrected chi connectivity index (χ1v) is 8.70. The van der Waals surface area contributed by atoms with Crippen molar-refractivity contribution in [2.24, 2.45) is 16.4 Å². The number of anilines is 1. The van der Waals surface area contributed by atoms with Crippen molar-refractivity contribution < 1.29 is 9.85 Å². The van der Waals surface area contributed by atoms with Gasteiger partial charge in [-0.05, 0) is 44.2 Å². The van der Waals surface area contributed by atoms with Crippen molar-refractivity contribution in [3.05, 3.63) is 62.2 Å². The molecule has 1 atom stereocenters. The van der Waals surface area contributed by atoms with Gasteiger partial charge in [0.05, 0.1) is 21.6 Å². The fraction of sp³-hybridized carbons (Fsp3) is 0.421. The predicted molar refractivity (Wildman–Crippen MR) is 106 cm³/mol. The van der Waals surface area contributed by atoms with E-state index in [1.54, 1.807) is 6.92 Å². The second kappa shape index (κ2) is 8.11. The molecule has 0 heterocycles. The average Bonchev–Trinajstić information content (AvgIpc) is 2.58. The van der Waals surface area contributed by atoms with Crippen molar-refractivity contribution >= 4 is 22.8 Å². The minimum Gasteiger partial charge on any atom is -0.271 e. The molecule has 0 aromatic heterocycles. The number of non-ortho nitro benzene ring substituents is 1. The van der Waals surface area contributed by atoms with Gasteiger partial charge in [-0.1, -0.05) is 31.6 Å². The molecule has 1 N–H and O–H groups in total. The number of hydrazone groups is 1. The van der Waals surface area contributed by atoms with Gasteiger partial charge in [0.15, 0.2) is 0 Å². The Balaban J connectivity index is 2.18. The van der Waals surface area contributed by atoms with Crippen LogP contribution in [0.15, 0.2) is 47.1 Å². The molecular formula is C19H24N4O4. The summed E-state index contributed by atoms with van der Waals surface area (Å²) in [6.45, 7) is 8.39. The largest absolute Gasteiger partial charge is 0.301 e. The highest BCUT2D eigenvalue weighted by molar-refractivity contribution is 5.93. The Morgan fingerprint density at radius 3 is 2.59 bits per heavy atom. The summed E-state index contributed by atoms with van der Waals surface area (Å²) in [6, 6.07) is 3.41. The van der Waals surface area contributed by atoms with Crippen molar-refractivity contribution in [1.29, 1.82) is 0 Å². The summed E-state index contributed by atoms with van der Waals surface area (Å²) in [7, 11) is 0. The lowest BCUT2D eigenvalue weighted by Gasteiger charge is -2.36. The van der Waals surface area contributed by atoms with E-state index in [2.05, 4.69) is 43.5 Å². The summed E-state index contributed by atoms with van der Waals surface area (Å²) in [5, 5.41) is 26.1. The molecule has 1 aliphatic carbocycles. The number of rotatable bonds is 6. The monoisotopic (exact) mass is 372 g/mol. The van der Waals surface area contributed by atoms with Crippen LogP contribution in [-0.2, 0) is 0 Å². The second-order valence-electron chi connectivity index (χ2n) is 7.39. The maximum atomic E-state index is 11.2. The zero-order valence-electron chi connectivity index (χ0n) is 15.9. The van der Waals surface area contributed by atoms with Crippen molar-refractivity contribution in [3.63, 3.8) is 0 Å². The van der Waals surface area contributed by atoms with Crippen LogP contribution in [0.3, 0.4) is 0 Å². The maximum Gasteiger partial charge on any atom is 0.301 e. The summed E-state index contributed by atoms with van der Waals surface area (Å²) in [5.41, 5.74) is 4.16. The first-order valence-electron chi connectivity index (χ1n) is 8.70. The van der Waals surface area contributed by atoms with Crippen LogP contribution in [0.5, 0.6) is 0 Å². The lowest BCUT2D eigenvalue weighted by molar-refractivity contribution is -0.393. The Kier molecular flexibility index (Phi) is 6.09. The second-order valence-corrected chi connectivity index (χ2v) is 7.39. The minimum absolute atomic E-state index is 0.104. The van der Waals surface area contributed by atoms with Crippen LogP contribution >= 0.6 is 0 Å². The molecule has 8 heteroatoms. The smallest absolute Gasteiger partial charge is 0.271 e. The van der Waals surface area contributed by atoms with Gasteiger partial charge in [-0.3, -0.25) is 25.7 Å². The van der Waals surface area contributed by atoms with E-state index in [4.69, 9.17) is 0 Å². The van der Waals surface area contributed by atoms with Crippen molar-refractivity contribution in [1.82, 2.24) is 0 Å². The number of hydrogen-bond donors (Lipinski definition) is 1. The van der Waals surface area contributed by atoms with Gasteiger partial charge < -0.3 is 0 Å². The molecule has 0 fully saturated rings. The van der Waals surface area contributed by atoms with Gasteiger partial charge >= 0.3 is 5.69 Å². The van der Waals surface area contributed by atoms with Crippen LogP contribution in [-0.4, -0.2) is 15.6 Å². The zero-order chi connectivity index (χ0) is 20.2. The van der Waals surface area contributed by atoms with Crippen LogP contribution in [0.2, 0.25) is 0 Å². The van der Waals surface area contributed by atoms with Gasteiger partial charge in [-0.2, -0.15) is 5.10 Å². The lowest BCUT2D eigenvalue weighted by atomic mass is 9.68. The molecule has 1 aromatic rings. The van der Waals surface area contributed by atoms with Gasteiger partial charge in [-0.25, -0.2) is 0 Å². The molecule has 0 saturated carbocycles. The molecule has 1 unspecified atom stereocenters. The molecule has 0 amide bonds. The van der Waals surface area contributed by atoms with E-state index in [0.717, 1.165) is 18.9 Å². The highest BCUT2D eigenvalue weighted by Gasteiger charge is 2.30. The van der Waals surface area contributed by atoms with E-state index in [0.29, 0.717) is 11.6 Å². The predicted octanol–water partition coefficient (Wildman–Crippen LogP) is 5.23. The van der Waals surface area contributed by atoms with E-state index in [-0.39, 0.29) is 16.8 Å². The first kappa shape index (κ1) is 20.3. The topological polar surface area (TPSA) is 111 Å². The van der Waals surface area contributed by atoms with Gasteiger partial charge in [-0.15, -0.1) is 0 Å². The Hall–Kier alpha value is -3.03. The molecule has 2 rings (SSSR count). The van der Waals surface area contributed by atoms with Crippen LogP contribution < -0.4 is 5.43 Å². The quantitative estimate of drug-likeness (QED) is 0.318. The van der Waals surface area contributed by atoms with Crippen LogP contribution in [0, 0.1) is 31.6 Å².